The van der Waals surface area contributed by atoms with Gasteiger partial charge in [-0.25, -0.2) is 0 Å². The first-order valence-electron chi connectivity index (χ1n) is 11.8. The Morgan fingerprint density at radius 3 is 1.62 bits per heavy atom. The molecule has 2 rings (SSSR count). The topological polar surface area (TPSA) is 31.2 Å². The number of amidine groups is 2. The third kappa shape index (κ3) is 7.81. The monoisotopic (exact) mass is 434 g/mol. The molecule has 0 amide bonds. The van der Waals surface area contributed by atoms with Gasteiger partial charge in [0, 0.05) is 37.8 Å². The second-order valence-corrected chi connectivity index (χ2v) is 9.93. The van der Waals surface area contributed by atoms with Crippen molar-refractivity contribution in [2.75, 3.05) is 26.7 Å². The van der Waals surface area contributed by atoms with E-state index < -0.39 is 0 Å². The number of benzene rings is 2. The van der Waals surface area contributed by atoms with Crippen molar-refractivity contribution >= 4 is 11.7 Å². The van der Waals surface area contributed by atoms with E-state index in [1.165, 1.54) is 5.56 Å². The van der Waals surface area contributed by atoms with Crippen LogP contribution in [0.4, 0.5) is 0 Å². The van der Waals surface area contributed by atoms with Gasteiger partial charge >= 0.3 is 0 Å². The molecule has 174 valence electrons. The highest BCUT2D eigenvalue weighted by atomic mass is 15.2. The predicted octanol–water partition coefficient (Wildman–Crippen LogP) is 6.12. The van der Waals surface area contributed by atoms with Gasteiger partial charge in [-0.3, -0.25) is 9.98 Å². The van der Waals surface area contributed by atoms with Gasteiger partial charge in [0.05, 0.1) is 11.1 Å². The second kappa shape index (κ2) is 11.3. The molecule has 0 atom stereocenters. The van der Waals surface area contributed by atoms with Crippen LogP contribution >= 0.6 is 0 Å². The van der Waals surface area contributed by atoms with Crippen LogP contribution in [0.25, 0.3) is 0 Å². The van der Waals surface area contributed by atoms with E-state index in [0.29, 0.717) is 0 Å². The van der Waals surface area contributed by atoms with E-state index in [2.05, 4.69) is 120 Å². The number of hydrogen-bond acceptors (Lipinski definition) is 2. The van der Waals surface area contributed by atoms with E-state index in [9.17, 15) is 0 Å². The van der Waals surface area contributed by atoms with Crippen molar-refractivity contribution in [3.8, 4) is 0 Å². The second-order valence-electron chi connectivity index (χ2n) is 9.93. The molecule has 0 N–H and O–H groups in total. The summed E-state index contributed by atoms with van der Waals surface area (Å²) in [5, 5.41) is 0. The first kappa shape index (κ1) is 25.6. The summed E-state index contributed by atoms with van der Waals surface area (Å²) in [4.78, 5) is 14.9. The van der Waals surface area contributed by atoms with Crippen LogP contribution in [0, 0.1) is 0 Å². The summed E-state index contributed by atoms with van der Waals surface area (Å²) in [7, 11) is 2.14. The summed E-state index contributed by atoms with van der Waals surface area (Å²) < 4.78 is 0. The third-order valence-electron chi connectivity index (χ3n) is 5.40. The normalized spacial score (nSPS) is 13.2. The highest BCUT2D eigenvalue weighted by Gasteiger charge is 2.23. The summed E-state index contributed by atoms with van der Waals surface area (Å²) in [6.07, 6.45) is 0.928. The molecule has 0 aliphatic heterocycles. The molecule has 0 aromatic heterocycles. The molecule has 4 heteroatoms. The quantitative estimate of drug-likeness (QED) is 0.370. The van der Waals surface area contributed by atoms with Crippen LogP contribution in [0.15, 0.2) is 70.6 Å². The lowest BCUT2D eigenvalue weighted by Gasteiger charge is -2.31. The van der Waals surface area contributed by atoms with Crippen molar-refractivity contribution in [1.82, 2.24) is 9.80 Å². The maximum atomic E-state index is 5.28. The number of aliphatic imine (C=N–C) groups is 2. The van der Waals surface area contributed by atoms with Crippen LogP contribution in [-0.4, -0.2) is 59.2 Å². The van der Waals surface area contributed by atoms with Gasteiger partial charge in [0.25, 0.3) is 0 Å². The Bertz CT molecular complexity index is 873. The highest BCUT2D eigenvalue weighted by molar-refractivity contribution is 5.99. The average Bonchev–Trinajstić information content (AvgIpc) is 2.76. The summed E-state index contributed by atoms with van der Waals surface area (Å²) in [5.74, 6) is 2.11. The van der Waals surface area contributed by atoms with E-state index in [1.807, 2.05) is 6.07 Å². The van der Waals surface area contributed by atoms with Crippen molar-refractivity contribution in [2.45, 2.75) is 66.0 Å². The molecule has 0 heterocycles. The van der Waals surface area contributed by atoms with Gasteiger partial charge in [-0.2, -0.15) is 0 Å². The zero-order chi connectivity index (χ0) is 23.8. The zero-order valence-electron chi connectivity index (χ0n) is 21.4. The molecule has 32 heavy (non-hydrogen) atoms. The van der Waals surface area contributed by atoms with Crippen LogP contribution in [0.5, 0.6) is 0 Å². The van der Waals surface area contributed by atoms with Crippen molar-refractivity contribution < 1.29 is 0 Å². The van der Waals surface area contributed by atoms with Crippen molar-refractivity contribution in [1.29, 1.82) is 0 Å². The maximum absolute atomic E-state index is 5.28. The predicted molar refractivity (Wildman–Crippen MR) is 140 cm³/mol. The van der Waals surface area contributed by atoms with E-state index in [-0.39, 0.29) is 11.1 Å². The largest absolute Gasteiger partial charge is 0.359 e. The number of hydrogen-bond donors (Lipinski definition) is 0. The summed E-state index contributed by atoms with van der Waals surface area (Å²) in [5.41, 5.74) is 1.98. The minimum Gasteiger partial charge on any atom is -0.359 e. The Morgan fingerprint density at radius 1 is 0.719 bits per heavy atom. The minimum absolute atomic E-state index is 0.143. The Labute approximate surface area is 196 Å². The van der Waals surface area contributed by atoms with Crippen LogP contribution in [0.3, 0.4) is 0 Å². The summed E-state index contributed by atoms with van der Waals surface area (Å²) in [6, 6.07) is 21.0. The fourth-order valence-corrected chi connectivity index (χ4v) is 3.59. The fourth-order valence-electron chi connectivity index (χ4n) is 3.59. The fraction of sp³-hybridized carbons (Fsp3) is 0.500. The van der Waals surface area contributed by atoms with Gasteiger partial charge < -0.3 is 9.80 Å². The molecule has 0 unspecified atom stereocenters. The smallest absolute Gasteiger partial charge is 0.131 e. The molecule has 2 aromatic carbocycles. The van der Waals surface area contributed by atoms with Crippen LogP contribution in [0.1, 0.15) is 66.0 Å². The lowest BCUT2D eigenvalue weighted by molar-refractivity contribution is 0.382. The summed E-state index contributed by atoms with van der Waals surface area (Å²) in [6.45, 7) is 18.0. The SMILES string of the molecule is CCN(CC)/C(=N/C(C)(C)CCN(C)/C(=N/C(C)(C)C)c1ccccc1)c1ccccc1. The first-order chi connectivity index (χ1) is 15.1. The van der Waals surface area contributed by atoms with E-state index >= 15 is 0 Å². The molecular weight excluding hydrogens is 392 g/mol. The Kier molecular flexibility index (Phi) is 9.06. The molecular formula is C28H42N4. The van der Waals surface area contributed by atoms with Gasteiger partial charge in [0.2, 0.25) is 0 Å². The first-order valence-corrected chi connectivity index (χ1v) is 11.8. The Hall–Kier alpha value is -2.62. The van der Waals surface area contributed by atoms with Crippen LogP contribution in [0.2, 0.25) is 0 Å². The van der Waals surface area contributed by atoms with Crippen LogP contribution in [-0.2, 0) is 0 Å². The third-order valence-corrected chi connectivity index (χ3v) is 5.40. The molecule has 0 saturated carbocycles. The zero-order valence-corrected chi connectivity index (χ0v) is 21.4. The maximum Gasteiger partial charge on any atom is 0.131 e. The van der Waals surface area contributed by atoms with Crippen molar-refractivity contribution in [3.05, 3.63) is 71.8 Å². The lowest BCUT2D eigenvalue weighted by atomic mass is 10.00. The minimum atomic E-state index is -0.203. The molecule has 0 fully saturated rings. The van der Waals surface area contributed by atoms with Gasteiger partial charge in [0.1, 0.15) is 11.7 Å². The van der Waals surface area contributed by atoms with Crippen molar-refractivity contribution in [3.63, 3.8) is 0 Å². The van der Waals surface area contributed by atoms with Gasteiger partial charge in [-0.05, 0) is 54.9 Å². The molecule has 0 spiro atoms. The molecule has 0 saturated heterocycles. The molecule has 0 bridgehead atoms. The van der Waals surface area contributed by atoms with Gasteiger partial charge in [-0.1, -0.05) is 60.7 Å². The summed E-state index contributed by atoms with van der Waals surface area (Å²) >= 11 is 0. The Morgan fingerprint density at radius 2 is 1.19 bits per heavy atom. The van der Waals surface area contributed by atoms with Crippen molar-refractivity contribution in [2.24, 2.45) is 9.98 Å². The van der Waals surface area contributed by atoms with Gasteiger partial charge in [-0.15, -0.1) is 0 Å². The molecule has 0 aliphatic carbocycles. The lowest BCUT2D eigenvalue weighted by Crippen LogP contribution is -2.37. The molecule has 0 aliphatic rings. The number of nitrogens with zero attached hydrogens (tertiary/aromatic N) is 4. The molecule has 4 nitrogen and oxygen atoms in total. The van der Waals surface area contributed by atoms with Gasteiger partial charge in [0.15, 0.2) is 0 Å². The standard InChI is InChI=1S/C28H42N4/c1-9-32(10-2)26(24-19-15-12-16-20-24)30-28(6,7)21-22-31(8)25(29-27(3,4)5)23-17-13-11-14-18-23/h11-20H,9-10,21-22H2,1-8H3/b29-25+,30-26+. The van der Waals surface area contributed by atoms with E-state index in [4.69, 9.17) is 9.98 Å². The Balaban J connectivity index is 2.28. The average molecular weight is 435 g/mol. The van der Waals surface area contributed by atoms with E-state index in [0.717, 1.165) is 43.3 Å². The molecule has 0 radical (unpaired) electrons. The highest BCUT2D eigenvalue weighted by Crippen LogP contribution is 2.20. The molecule has 2 aromatic rings. The van der Waals surface area contributed by atoms with Crippen LogP contribution < -0.4 is 0 Å². The van der Waals surface area contributed by atoms with E-state index in [1.54, 1.807) is 0 Å². The number of rotatable bonds is 8.